The van der Waals surface area contributed by atoms with Gasteiger partial charge in [-0.15, -0.1) is 22.6 Å². The van der Waals surface area contributed by atoms with Crippen molar-refractivity contribution in [1.29, 1.82) is 0 Å². The number of carbonyl (C=O) groups excluding carboxylic acids is 1. The molecule has 9 heteroatoms. The fraction of sp³-hybridized carbons (Fsp3) is 0.304. The molecule has 0 bridgehead atoms. The second-order valence-corrected chi connectivity index (χ2v) is 7.39. The van der Waals surface area contributed by atoms with Crippen molar-refractivity contribution in [3.63, 3.8) is 0 Å². The predicted octanol–water partition coefficient (Wildman–Crippen LogP) is 3.03. The third-order valence-corrected chi connectivity index (χ3v) is 5.40. The SMILES string of the molecule is COc1ccc(-c2nnc(C(=O)N3CCN(C)CC3)nc2-c2ccc(OC)cc2)cc1.Cl. The van der Waals surface area contributed by atoms with Crippen LogP contribution in [0.1, 0.15) is 10.6 Å². The van der Waals surface area contributed by atoms with Gasteiger partial charge in [0.05, 0.1) is 14.2 Å². The maximum atomic E-state index is 13.0. The maximum absolute atomic E-state index is 13.0. The summed E-state index contributed by atoms with van der Waals surface area (Å²) >= 11 is 0. The van der Waals surface area contributed by atoms with Gasteiger partial charge in [0.2, 0.25) is 5.82 Å². The number of carbonyl (C=O) groups is 1. The van der Waals surface area contributed by atoms with E-state index in [0.29, 0.717) is 24.5 Å². The number of halogens is 1. The summed E-state index contributed by atoms with van der Waals surface area (Å²) in [5, 5.41) is 8.60. The quantitative estimate of drug-likeness (QED) is 0.584. The molecular formula is C23H26ClN5O3. The van der Waals surface area contributed by atoms with Crippen molar-refractivity contribution < 1.29 is 14.3 Å². The Morgan fingerprint density at radius 3 is 1.78 bits per heavy atom. The van der Waals surface area contributed by atoms with Crippen LogP contribution in [-0.2, 0) is 0 Å². The van der Waals surface area contributed by atoms with Crippen LogP contribution in [0.25, 0.3) is 22.5 Å². The molecule has 32 heavy (non-hydrogen) atoms. The Labute approximate surface area is 193 Å². The molecule has 0 unspecified atom stereocenters. The summed E-state index contributed by atoms with van der Waals surface area (Å²) in [5.41, 5.74) is 2.86. The van der Waals surface area contributed by atoms with Crippen molar-refractivity contribution in [2.75, 3.05) is 47.4 Å². The zero-order chi connectivity index (χ0) is 21.8. The van der Waals surface area contributed by atoms with Gasteiger partial charge in [-0.05, 0) is 55.6 Å². The van der Waals surface area contributed by atoms with Crippen LogP contribution in [0.5, 0.6) is 11.5 Å². The van der Waals surface area contributed by atoms with E-state index in [0.717, 1.165) is 35.7 Å². The lowest BCUT2D eigenvalue weighted by Gasteiger charge is -2.31. The number of methoxy groups -OCH3 is 2. The van der Waals surface area contributed by atoms with Crippen molar-refractivity contribution >= 4 is 18.3 Å². The predicted molar refractivity (Wildman–Crippen MR) is 124 cm³/mol. The molecule has 0 radical (unpaired) electrons. The summed E-state index contributed by atoms with van der Waals surface area (Å²) in [4.78, 5) is 21.7. The van der Waals surface area contributed by atoms with Crippen molar-refractivity contribution in [3.05, 3.63) is 54.4 Å². The molecule has 0 spiro atoms. The van der Waals surface area contributed by atoms with Crippen LogP contribution in [0, 0.1) is 0 Å². The van der Waals surface area contributed by atoms with Gasteiger partial charge in [-0.1, -0.05) is 0 Å². The first-order valence-electron chi connectivity index (χ1n) is 10.1. The lowest BCUT2D eigenvalue weighted by Crippen LogP contribution is -2.47. The highest BCUT2D eigenvalue weighted by molar-refractivity contribution is 5.92. The molecule has 1 aromatic heterocycles. The van der Waals surface area contributed by atoms with Crippen molar-refractivity contribution in [1.82, 2.24) is 25.0 Å². The normalized spacial score (nSPS) is 13.9. The Hall–Kier alpha value is -3.23. The van der Waals surface area contributed by atoms with Gasteiger partial charge in [0.1, 0.15) is 22.9 Å². The molecule has 2 aromatic carbocycles. The number of amides is 1. The highest BCUT2D eigenvalue weighted by Crippen LogP contribution is 2.30. The van der Waals surface area contributed by atoms with Gasteiger partial charge in [-0.3, -0.25) is 4.79 Å². The molecule has 8 nitrogen and oxygen atoms in total. The van der Waals surface area contributed by atoms with Gasteiger partial charge in [-0.2, -0.15) is 0 Å². The third-order valence-electron chi connectivity index (χ3n) is 5.40. The van der Waals surface area contributed by atoms with Crippen LogP contribution >= 0.6 is 12.4 Å². The van der Waals surface area contributed by atoms with Crippen LogP contribution in [0.4, 0.5) is 0 Å². The smallest absolute Gasteiger partial charge is 0.293 e. The molecule has 4 rings (SSSR count). The van der Waals surface area contributed by atoms with E-state index in [2.05, 4.69) is 20.1 Å². The van der Waals surface area contributed by atoms with E-state index in [9.17, 15) is 4.79 Å². The van der Waals surface area contributed by atoms with Crippen LogP contribution in [0.3, 0.4) is 0 Å². The minimum absolute atomic E-state index is 0. The summed E-state index contributed by atoms with van der Waals surface area (Å²) in [5.74, 6) is 1.40. The van der Waals surface area contributed by atoms with E-state index in [1.54, 1.807) is 19.1 Å². The highest BCUT2D eigenvalue weighted by atomic mass is 35.5. The van der Waals surface area contributed by atoms with Crippen molar-refractivity contribution in [2.45, 2.75) is 0 Å². The lowest BCUT2D eigenvalue weighted by atomic mass is 10.0. The zero-order valence-corrected chi connectivity index (χ0v) is 19.1. The Kier molecular flexibility index (Phi) is 7.61. The molecule has 168 valence electrons. The molecular weight excluding hydrogens is 430 g/mol. The second kappa shape index (κ2) is 10.4. The molecule has 2 heterocycles. The van der Waals surface area contributed by atoms with Gasteiger partial charge < -0.3 is 19.3 Å². The number of nitrogens with zero attached hydrogens (tertiary/aromatic N) is 5. The summed E-state index contributed by atoms with van der Waals surface area (Å²) in [6, 6.07) is 15.0. The van der Waals surface area contributed by atoms with Crippen molar-refractivity contribution in [2.24, 2.45) is 0 Å². The largest absolute Gasteiger partial charge is 0.497 e. The number of rotatable bonds is 5. The number of likely N-dealkylation sites (N-methyl/N-ethyl adjacent to an activating group) is 1. The van der Waals surface area contributed by atoms with Gasteiger partial charge >= 0.3 is 0 Å². The summed E-state index contributed by atoms with van der Waals surface area (Å²) < 4.78 is 10.5. The van der Waals surface area contributed by atoms with Gasteiger partial charge in [0, 0.05) is 37.3 Å². The average molecular weight is 456 g/mol. The van der Waals surface area contributed by atoms with Gasteiger partial charge in [0.25, 0.3) is 5.91 Å². The Morgan fingerprint density at radius 1 is 0.781 bits per heavy atom. The Morgan fingerprint density at radius 2 is 1.28 bits per heavy atom. The average Bonchev–Trinajstić information content (AvgIpc) is 2.84. The molecule has 3 aromatic rings. The minimum atomic E-state index is -0.198. The molecule has 1 saturated heterocycles. The van der Waals surface area contributed by atoms with E-state index in [4.69, 9.17) is 9.47 Å². The third kappa shape index (κ3) is 4.98. The fourth-order valence-corrected chi connectivity index (χ4v) is 3.46. The number of aromatic nitrogens is 3. The van der Waals surface area contributed by atoms with Gasteiger partial charge in [-0.25, -0.2) is 4.98 Å². The van der Waals surface area contributed by atoms with Crippen LogP contribution in [0.2, 0.25) is 0 Å². The molecule has 1 aliphatic rings. The van der Waals surface area contributed by atoms with E-state index >= 15 is 0 Å². The van der Waals surface area contributed by atoms with Crippen LogP contribution in [0.15, 0.2) is 48.5 Å². The molecule has 0 saturated carbocycles. The van der Waals surface area contributed by atoms with E-state index in [1.807, 2.05) is 55.6 Å². The van der Waals surface area contributed by atoms with E-state index < -0.39 is 0 Å². The number of benzene rings is 2. The number of ether oxygens (including phenoxy) is 2. The van der Waals surface area contributed by atoms with Gasteiger partial charge in [0.15, 0.2) is 0 Å². The molecule has 1 amide bonds. The fourth-order valence-electron chi connectivity index (χ4n) is 3.46. The molecule has 0 atom stereocenters. The number of piperazine rings is 1. The molecule has 0 aliphatic carbocycles. The van der Waals surface area contributed by atoms with Crippen molar-refractivity contribution in [3.8, 4) is 34.0 Å². The lowest BCUT2D eigenvalue weighted by molar-refractivity contribution is 0.0650. The minimum Gasteiger partial charge on any atom is -0.497 e. The maximum Gasteiger partial charge on any atom is 0.293 e. The monoisotopic (exact) mass is 455 g/mol. The van der Waals surface area contributed by atoms with Crippen LogP contribution in [-0.4, -0.2) is 78.3 Å². The summed E-state index contributed by atoms with van der Waals surface area (Å²) in [6.45, 7) is 2.95. The second-order valence-electron chi connectivity index (χ2n) is 7.39. The Balaban J connectivity index is 0.00000289. The first-order valence-corrected chi connectivity index (χ1v) is 10.1. The molecule has 1 fully saturated rings. The first kappa shape index (κ1) is 23.4. The highest BCUT2D eigenvalue weighted by Gasteiger charge is 2.24. The van der Waals surface area contributed by atoms with E-state index in [-0.39, 0.29) is 24.1 Å². The summed E-state index contributed by atoms with van der Waals surface area (Å²) in [7, 11) is 5.29. The molecule has 0 N–H and O–H groups in total. The topological polar surface area (TPSA) is 80.7 Å². The first-order chi connectivity index (χ1) is 15.1. The number of hydrogen-bond donors (Lipinski definition) is 0. The standard InChI is InChI=1S/C23H25N5O3.ClH/c1-27-12-14-28(15-13-27)23(29)22-24-20(16-4-8-18(30-2)9-5-16)21(25-26-22)17-6-10-19(31-3)11-7-17;/h4-11H,12-15H2,1-3H3;1H. The molecule has 1 aliphatic heterocycles. The van der Waals surface area contributed by atoms with Crippen LogP contribution < -0.4 is 9.47 Å². The zero-order valence-electron chi connectivity index (χ0n) is 18.3. The number of hydrogen-bond acceptors (Lipinski definition) is 7. The summed E-state index contributed by atoms with van der Waals surface area (Å²) in [6.07, 6.45) is 0. The Bertz CT molecular complexity index is 1050. The van der Waals surface area contributed by atoms with E-state index in [1.165, 1.54) is 0 Å².